The number of methoxy groups -OCH3 is 1. The smallest absolute Gasteiger partial charge is 0.321 e. The van der Waals surface area contributed by atoms with Gasteiger partial charge in [-0.1, -0.05) is 26.5 Å². The van der Waals surface area contributed by atoms with Crippen LogP contribution in [0.1, 0.15) is 99.4 Å². The summed E-state index contributed by atoms with van der Waals surface area (Å²) in [6, 6.07) is 0. The molecule has 0 unspecified atom stereocenters. The lowest BCUT2D eigenvalue weighted by Crippen LogP contribution is -2.25. The van der Waals surface area contributed by atoms with Crippen molar-refractivity contribution >= 4 is 47.9 Å². The van der Waals surface area contributed by atoms with Gasteiger partial charge < -0.3 is 29.7 Å². The van der Waals surface area contributed by atoms with Gasteiger partial charge in [-0.15, -0.1) is 0 Å². The number of carbonyl (C=O) groups excluding carboxylic acids is 3. The van der Waals surface area contributed by atoms with E-state index in [0.717, 1.165) is 75.2 Å². The number of nitrogens with one attached hydrogen (secondary N) is 4. The molecular formula is C37H42N4O5. The van der Waals surface area contributed by atoms with Crippen LogP contribution in [-0.4, -0.2) is 53.3 Å². The number of aromatic nitrogens is 3. The molecule has 3 atom stereocenters. The Kier molecular flexibility index (Phi) is 8.37. The van der Waals surface area contributed by atoms with Gasteiger partial charge in [0, 0.05) is 81.1 Å². The van der Waals surface area contributed by atoms with Gasteiger partial charge in [-0.3, -0.25) is 14.4 Å². The zero-order valence-electron chi connectivity index (χ0n) is 27.4. The molecule has 240 valence electrons. The number of ketones is 1. The zero-order valence-corrected chi connectivity index (χ0v) is 27.4. The van der Waals surface area contributed by atoms with Crippen LogP contribution in [0.15, 0.2) is 18.0 Å². The van der Waals surface area contributed by atoms with Gasteiger partial charge in [0.25, 0.3) is 0 Å². The molecule has 4 N–H and O–H groups in total. The maximum atomic E-state index is 14.1. The molecule has 9 nitrogen and oxygen atoms in total. The third-order valence-electron chi connectivity index (χ3n) is 9.96. The topological polar surface area (TPSA) is 129 Å². The van der Waals surface area contributed by atoms with E-state index in [-0.39, 0.29) is 17.6 Å². The summed E-state index contributed by atoms with van der Waals surface area (Å²) in [5, 5.41) is 5.17. The Labute approximate surface area is 268 Å². The number of ether oxygens (including phenoxy) is 2. The largest absolute Gasteiger partial charge is 0.468 e. The van der Waals surface area contributed by atoms with Crippen LogP contribution in [0.4, 0.5) is 0 Å². The minimum Gasteiger partial charge on any atom is -0.468 e. The Hall–Kier alpha value is -4.63. The Morgan fingerprint density at radius 3 is 2.41 bits per heavy atom. The molecule has 0 radical (unpaired) electrons. The molecule has 0 saturated carbocycles. The molecule has 3 aliphatic rings. The Bertz CT molecular complexity index is 1960. The number of fused-ring (bicyclic) bond motifs is 7. The normalized spacial score (nSPS) is 24.0. The number of aromatic amines is 3. The van der Waals surface area contributed by atoms with Crippen LogP contribution in [0.25, 0.3) is 29.9 Å². The van der Waals surface area contributed by atoms with Crippen LogP contribution >= 0.6 is 0 Å². The van der Waals surface area contributed by atoms with Crippen molar-refractivity contribution in [2.75, 3.05) is 20.3 Å². The molecule has 0 aromatic carbocycles. The SMILES string of the molecule is C=Cc1c2[nH]c(c1C)/C=C1\N/C(=C3\c4[nH]c(c(C)c4C(=O)[C@@H]3C(=O)OC)/C=c3\[nH]/c(c(C=O)c3CC)=C\2)[C@@H](CCCOCC)[C@@H]1C. The first-order valence-electron chi connectivity index (χ1n) is 16.1. The Balaban J connectivity index is 1.71. The summed E-state index contributed by atoms with van der Waals surface area (Å²) in [4.78, 5) is 50.5. The lowest BCUT2D eigenvalue weighted by atomic mass is 9.85. The van der Waals surface area contributed by atoms with E-state index >= 15 is 0 Å². The number of rotatable bonds is 9. The van der Waals surface area contributed by atoms with E-state index in [0.29, 0.717) is 47.4 Å². The van der Waals surface area contributed by atoms with Crippen molar-refractivity contribution in [1.82, 2.24) is 20.3 Å². The maximum Gasteiger partial charge on any atom is 0.321 e. The van der Waals surface area contributed by atoms with Crippen molar-refractivity contribution in [3.05, 3.63) is 84.8 Å². The molecule has 1 aliphatic carbocycles. The first-order chi connectivity index (χ1) is 22.2. The second-order valence-corrected chi connectivity index (χ2v) is 12.3. The van der Waals surface area contributed by atoms with Crippen LogP contribution in [0.5, 0.6) is 0 Å². The van der Waals surface area contributed by atoms with Gasteiger partial charge in [-0.2, -0.15) is 0 Å². The maximum absolute atomic E-state index is 14.1. The van der Waals surface area contributed by atoms with Gasteiger partial charge in [-0.25, -0.2) is 0 Å². The number of esters is 1. The van der Waals surface area contributed by atoms with Crippen molar-refractivity contribution in [2.24, 2.45) is 17.8 Å². The van der Waals surface area contributed by atoms with Crippen molar-refractivity contribution in [3.8, 4) is 0 Å². The number of Topliss-reactive ketones (excluding diaryl/α,β-unsaturated/α-hetero) is 1. The van der Waals surface area contributed by atoms with Crippen LogP contribution in [0.2, 0.25) is 0 Å². The lowest BCUT2D eigenvalue weighted by Gasteiger charge is -2.20. The quantitative estimate of drug-likeness (QED) is 0.119. The van der Waals surface area contributed by atoms with Crippen molar-refractivity contribution < 1.29 is 23.9 Å². The van der Waals surface area contributed by atoms with Gasteiger partial charge in [0.05, 0.1) is 18.2 Å². The monoisotopic (exact) mass is 622 g/mol. The van der Waals surface area contributed by atoms with Crippen molar-refractivity contribution in [1.29, 1.82) is 0 Å². The fourth-order valence-corrected chi connectivity index (χ4v) is 7.49. The highest BCUT2D eigenvalue weighted by atomic mass is 16.5. The highest BCUT2D eigenvalue weighted by Gasteiger charge is 2.48. The van der Waals surface area contributed by atoms with Crippen LogP contribution in [-0.2, 0) is 20.7 Å². The third-order valence-corrected chi connectivity index (χ3v) is 9.96. The van der Waals surface area contributed by atoms with Crippen LogP contribution in [0.3, 0.4) is 0 Å². The molecule has 2 aliphatic heterocycles. The van der Waals surface area contributed by atoms with Crippen molar-refractivity contribution in [2.45, 2.75) is 53.9 Å². The highest BCUT2D eigenvalue weighted by molar-refractivity contribution is 6.24. The minimum absolute atomic E-state index is 0.00638. The summed E-state index contributed by atoms with van der Waals surface area (Å²) in [6.07, 6.45) is 11.0. The summed E-state index contributed by atoms with van der Waals surface area (Å²) in [6.45, 7) is 15.5. The number of allylic oxidation sites excluding steroid dienone is 2. The predicted molar refractivity (Wildman–Crippen MR) is 179 cm³/mol. The van der Waals surface area contributed by atoms with Crippen LogP contribution < -0.4 is 16.0 Å². The summed E-state index contributed by atoms with van der Waals surface area (Å²) < 4.78 is 10.9. The van der Waals surface area contributed by atoms with Crippen LogP contribution in [0, 0.1) is 31.6 Å². The van der Waals surface area contributed by atoms with Crippen molar-refractivity contribution in [3.63, 3.8) is 0 Å². The van der Waals surface area contributed by atoms with Gasteiger partial charge in [0.1, 0.15) is 5.92 Å². The molecule has 5 heterocycles. The molecule has 0 amide bonds. The highest BCUT2D eigenvalue weighted by Crippen LogP contribution is 2.48. The molecule has 0 spiro atoms. The molecule has 8 bridgehead atoms. The molecule has 1 saturated heterocycles. The zero-order chi connectivity index (χ0) is 32.9. The van der Waals surface area contributed by atoms with E-state index in [9.17, 15) is 14.4 Å². The molecule has 3 aromatic rings. The van der Waals surface area contributed by atoms with E-state index in [2.05, 4.69) is 39.8 Å². The van der Waals surface area contributed by atoms with E-state index in [1.807, 2.05) is 45.9 Å². The first kappa shape index (κ1) is 31.4. The van der Waals surface area contributed by atoms with Gasteiger partial charge in [0.15, 0.2) is 12.1 Å². The molecule has 46 heavy (non-hydrogen) atoms. The summed E-state index contributed by atoms with van der Waals surface area (Å²) in [5.41, 5.74) is 10.3. The third kappa shape index (κ3) is 4.85. The second-order valence-electron chi connectivity index (χ2n) is 12.3. The average Bonchev–Trinajstić information content (AvgIpc) is 3.79. The average molecular weight is 623 g/mol. The Morgan fingerprint density at radius 2 is 1.74 bits per heavy atom. The number of H-pyrrole nitrogens is 3. The molecule has 6 rings (SSSR count). The minimum atomic E-state index is -1.08. The van der Waals surface area contributed by atoms with E-state index < -0.39 is 11.9 Å². The fraction of sp³-hybridized carbons (Fsp3) is 0.378. The summed E-state index contributed by atoms with van der Waals surface area (Å²) in [5.74, 6) is -1.87. The van der Waals surface area contributed by atoms with Gasteiger partial charge >= 0.3 is 5.97 Å². The van der Waals surface area contributed by atoms with E-state index in [1.54, 1.807) is 0 Å². The molecule has 3 aromatic heterocycles. The lowest BCUT2D eigenvalue weighted by molar-refractivity contribution is -0.141. The number of aldehydes is 1. The van der Waals surface area contributed by atoms with Gasteiger partial charge in [-0.05, 0) is 75.0 Å². The predicted octanol–water partition coefficient (Wildman–Crippen LogP) is 4.69. The van der Waals surface area contributed by atoms with Gasteiger partial charge in [0.2, 0.25) is 0 Å². The van der Waals surface area contributed by atoms with E-state index in [4.69, 9.17) is 9.47 Å². The summed E-state index contributed by atoms with van der Waals surface area (Å²) >= 11 is 0. The number of hydrogen-bond donors (Lipinski definition) is 4. The van der Waals surface area contributed by atoms with E-state index in [1.165, 1.54) is 7.11 Å². The first-order valence-corrected chi connectivity index (χ1v) is 16.1. The second kappa shape index (κ2) is 12.3. The molecule has 9 heteroatoms. The Morgan fingerprint density at radius 1 is 1.00 bits per heavy atom. The standard InChI is InChI=1S/C37H42N4O5/c1-8-21-18(4)25-14-26-19(5)23(12-11-13-46-10-3)34(40-26)32-33(37(44)45-7)36(43)31-20(6)27(41-35(31)32)15-29-22(9-2)24(17-42)30(39-29)16-28(21)38-25/h8,14-17,19,23,33,38-41H,1,9-13H2,2-7H3/b26-14-,29-15-,30-16-,34-32-/t19-,23-,33+/m0/s1. The number of hydrogen-bond acceptors (Lipinski definition) is 6. The fourth-order valence-electron chi connectivity index (χ4n) is 7.49. The number of carbonyl (C=O) groups is 3. The molecular weight excluding hydrogens is 580 g/mol. The molecule has 1 fully saturated rings. The summed E-state index contributed by atoms with van der Waals surface area (Å²) in [7, 11) is 1.32.